The van der Waals surface area contributed by atoms with Gasteiger partial charge in [0.15, 0.2) is 0 Å². The van der Waals surface area contributed by atoms with Gasteiger partial charge >= 0.3 is 0 Å². The van der Waals surface area contributed by atoms with Crippen molar-refractivity contribution in [3.63, 3.8) is 0 Å². The van der Waals surface area contributed by atoms with Crippen LogP contribution in [0.3, 0.4) is 0 Å². The molecule has 1 atom stereocenters. The number of hydrogen-bond acceptors (Lipinski definition) is 5. The van der Waals surface area contributed by atoms with Gasteiger partial charge in [0.2, 0.25) is 5.91 Å². The van der Waals surface area contributed by atoms with Gasteiger partial charge in [-0.05, 0) is 26.2 Å². The molecule has 7 heteroatoms. The number of halogens is 1. The first-order valence-electron chi connectivity index (χ1n) is 8.22. The Morgan fingerprint density at radius 2 is 2.35 bits per heavy atom. The van der Waals surface area contributed by atoms with Gasteiger partial charge in [-0.2, -0.15) is 0 Å². The molecule has 23 heavy (non-hydrogen) atoms. The molecule has 5 nitrogen and oxygen atoms in total. The molecular weight excluding hydrogens is 317 g/mol. The molecule has 1 N–H and O–H groups in total. The largest absolute Gasteiger partial charge is 0.381 e. The Kier molecular flexibility index (Phi) is 5.28. The van der Waals surface area contributed by atoms with E-state index in [9.17, 15) is 9.18 Å². The highest BCUT2D eigenvalue weighted by molar-refractivity contribution is 7.09. The van der Waals surface area contributed by atoms with Crippen LogP contribution >= 0.6 is 11.3 Å². The molecule has 2 aliphatic rings. The maximum Gasteiger partial charge on any atom is 0.225 e. The lowest BCUT2D eigenvalue weighted by Crippen LogP contribution is -2.49. The number of thiazole rings is 1. The normalized spacial score (nSPS) is 24.7. The highest BCUT2D eigenvalue weighted by atomic mass is 32.1. The summed E-state index contributed by atoms with van der Waals surface area (Å²) in [5.74, 6) is -0.175. The number of rotatable bonds is 5. The topological polar surface area (TPSA) is 54.5 Å². The van der Waals surface area contributed by atoms with Crippen molar-refractivity contribution in [2.45, 2.75) is 38.4 Å². The number of nitrogens with zero attached hydrogens (tertiary/aromatic N) is 2. The van der Waals surface area contributed by atoms with E-state index in [1.165, 1.54) is 0 Å². The number of aromatic nitrogens is 1. The zero-order chi connectivity index (χ0) is 16.3. The lowest BCUT2D eigenvalue weighted by molar-refractivity contribution is -0.125. The second kappa shape index (κ2) is 7.23. The fraction of sp³-hybridized carbons (Fsp3) is 0.750. The quantitative estimate of drug-likeness (QED) is 0.889. The predicted molar refractivity (Wildman–Crippen MR) is 87.1 cm³/mol. The van der Waals surface area contributed by atoms with Gasteiger partial charge in [-0.15, -0.1) is 11.3 Å². The summed E-state index contributed by atoms with van der Waals surface area (Å²) in [6, 6.07) is 0. The Labute approximate surface area is 140 Å². The molecule has 2 aliphatic heterocycles. The standard InChI is InChI=1S/C16H24FN3O2S/c1-12-19-14(10-23-12)8-20-5-3-16(17,4-6-20)11-18-15(21)13-2-7-22-9-13/h10,13H,2-9,11H2,1H3,(H,18,21). The van der Waals surface area contributed by atoms with Crippen LogP contribution in [0.25, 0.3) is 0 Å². The Bertz CT molecular complexity index is 537. The van der Waals surface area contributed by atoms with Gasteiger partial charge in [-0.25, -0.2) is 9.37 Å². The summed E-state index contributed by atoms with van der Waals surface area (Å²) in [6.45, 7) is 5.40. The number of piperidine rings is 1. The van der Waals surface area contributed by atoms with Gasteiger partial charge in [0.25, 0.3) is 0 Å². The maximum atomic E-state index is 14.8. The summed E-state index contributed by atoms with van der Waals surface area (Å²) in [4.78, 5) is 18.7. The number of likely N-dealkylation sites (tertiary alicyclic amines) is 1. The number of hydrogen-bond donors (Lipinski definition) is 1. The van der Waals surface area contributed by atoms with Crippen molar-refractivity contribution in [1.82, 2.24) is 15.2 Å². The third-order valence-corrected chi connectivity index (χ3v) is 5.51. The maximum absolute atomic E-state index is 14.8. The van der Waals surface area contributed by atoms with Crippen molar-refractivity contribution < 1.29 is 13.9 Å². The van der Waals surface area contributed by atoms with E-state index in [0.717, 1.165) is 23.7 Å². The van der Waals surface area contributed by atoms with Crippen LogP contribution in [-0.2, 0) is 16.1 Å². The summed E-state index contributed by atoms with van der Waals surface area (Å²) in [6.07, 6.45) is 1.65. The highest BCUT2D eigenvalue weighted by Crippen LogP contribution is 2.27. The van der Waals surface area contributed by atoms with E-state index in [0.29, 0.717) is 39.1 Å². The van der Waals surface area contributed by atoms with E-state index in [1.54, 1.807) is 11.3 Å². The molecular formula is C16H24FN3O2S. The number of alkyl halides is 1. The molecule has 1 aromatic rings. The molecule has 0 bridgehead atoms. The summed E-state index contributed by atoms with van der Waals surface area (Å²) < 4.78 is 20.1. The van der Waals surface area contributed by atoms with Crippen LogP contribution < -0.4 is 5.32 Å². The average Bonchev–Trinajstić information content (AvgIpc) is 3.20. The Hall–Kier alpha value is -1.05. The number of ether oxygens (including phenoxy) is 1. The molecule has 3 rings (SSSR count). The molecule has 0 aromatic carbocycles. The zero-order valence-corrected chi connectivity index (χ0v) is 14.3. The Morgan fingerprint density at radius 3 is 2.96 bits per heavy atom. The van der Waals surface area contributed by atoms with Crippen LogP contribution in [0.5, 0.6) is 0 Å². The van der Waals surface area contributed by atoms with E-state index in [2.05, 4.69) is 20.6 Å². The minimum Gasteiger partial charge on any atom is -0.381 e. The molecule has 0 saturated carbocycles. The first kappa shape index (κ1) is 16.8. The second-order valence-electron chi connectivity index (χ2n) is 6.56. The number of aryl methyl sites for hydroxylation is 1. The summed E-state index contributed by atoms with van der Waals surface area (Å²) in [7, 11) is 0. The van der Waals surface area contributed by atoms with Crippen LogP contribution in [0.4, 0.5) is 4.39 Å². The fourth-order valence-corrected chi connectivity index (χ4v) is 3.73. The van der Waals surface area contributed by atoms with E-state index >= 15 is 0 Å². The lowest BCUT2D eigenvalue weighted by Gasteiger charge is -2.36. The van der Waals surface area contributed by atoms with Crippen LogP contribution in [0, 0.1) is 12.8 Å². The summed E-state index contributed by atoms with van der Waals surface area (Å²) in [5.41, 5.74) is -0.225. The first-order valence-corrected chi connectivity index (χ1v) is 9.10. The minimum absolute atomic E-state index is 0.0695. The van der Waals surface area contributed by atoms with E-state index < -0.39 is 5.67 Å². The molecule has 0 radical (unpaired) electrons. The van der Waals surface area contributed by atoms with Crippen molar-refractivity contribution in [2.75, 3.05) is 32.8 Å². The predicted octanol–water partition coefficient (Wildman–Crippen LogP) is 1.91. The molecule has 3 heterocycles. The van der Waals surface area contributed by atoms with Crippen LogP contribution in [0.1, 0.15) is 30.0 Å². The van der Waals surface area contributed by atoms with Gasteiger partial charge < -0.3 is 10.1 Å². The van der Waals surface area contributed by atoms with Gasteiger partial charge in [0, 0.05) is 31.6 Å². The molecule has 2 saturated heterocycles. The smallest absolute Gasteiger partial charge is 0.225 e. The van der Waals surface area contributed by atoms with Crippen molar-refractivity contribution in [3.8, 4) is 0 Å². The van der Waals surface area contributed by atoms with Crippen LogP contribution in [0.15, 0.2) is 5.38 Å². The number of carbonyl (C=O) groups excluding carboxylic acids is 1. The van der Waals surface area contributed by atoms with Gasteiger partial charge in [-0.3, -0.25) is 9.69 Å². The number of amides is 1. The third-order valence-electron chi connectivity index (χ3n) is 4.68. The van der Waals surface area contributed by atoms with E-state index in [1.807, 2.05) is 6.92 Å². The molecule has 128 valence electrons. The average molecular weight is 341 g/mol. The third kappa shape index (κ3) is 4.49. The van der Waals surface area contributed by atoms with Crippen molar-refractivity contribution in [3.05, 3.63) is 16.1 Å². The molecule has 0 spiro atoms. The van der Waals surface area contributed by atoms with Crippen molar-refractivity contribution in [1.29, 1.82) is 0 Å². The van der Waals surface area contributed by atoms with Crippen molar-refractivity contribution >= 4 is 17.2 Å². The highest BCUT2D eigenvalue weighted by Gasteiger charge is 2.36. The van der Waals surface area contributed by atoms with E-state index in [4.69, 9.17) is 4.74 Å². The Morgan fingerprint density at radius 1 is 1.57 bits per heavy atom. The minimum atomic E-state index is -1.29. The van der Waals surface area contributed by atoms with E-state index in [-0.39, 0.29) is 18.4 Å². The molecule has 1 unspecified atom stereocenters. The van der Waals surface area contributed by atoms with Gasteiger partial charge in [0.1, 0.15) is 5.67 Å². The number of nitrogens with one attached hydrogen (secondary N) is 1. The van der Waals surface area contributed by atoms with Gasteiger partial charge in [-0.1, -0.05) is 0 Å². The second-order valence-corrected chi connectivity index (χ2v) is 7.63. The first-order chi connectivity index (χ1) is 11.0. The molecule has 2 fully saturated rings. The summed E-state index contributed by atoms with van der Waals surface area (Å²) in [5, 5.41) is 5.91. The summed E-state index contributed by atoms with van der Waals surface area (Å²) >= 11 is 1.65. The lowest BCUT2D eigenvalue weighted by atomic mass is 9.93. The van der Waals surface area contributed by atoms with Crippen LogP contribution in [-0.4, -0.2) is 54.3 Å². The van der Waals surface area contributed by atoms with Crippen molar-refractivity contribution in [2.24, 2.45) is 5.92 Å². The van der Waals surface area contributed by atoms with Gasteiger partial charge in [0.05, 0.1) is 29.8 Å². The number of carbonyl (C=O) groups is 1. The molecule has 0 aliphatic carbocycles. The zero-order valence-electron chi connectivity index (χ0n) is 13.5. The monoisotopic (exact) mass is 341 g/mol. The van der Waals surface area contributed by atoms with Crippen LogP contribution in [0.2, 0.25) is 0 Å². The SMILES string of the molecule is Cc1nc(CN2CCC(F)(CNC(=O)C3CCOC3)CC2)cs1. The molecule has 1 amide bonds. The Balaban J connectivity index is 1.42. The fourth-order valence-electron chi connectivity index (χ4n) is 3.13. The molecule has 1 aromatic heterocycles.